The van der Waals surface area contributed by atoms with Crippen LogP contribution in [0.5, 0.6) is 0 Å². The molecular weight excluding hydrogens is 498 g/mol. The van der Waals surface area contributed by atoms with Crippen LogP contribution in [-0.4, -0.2) is 85.1 Å². The van der Waals surface area contributed by atoms with E-state index in [1.165, 1.54) is 20.8 Å². The molecule has 14 heteroatoms. The Morgan fingerprint density at radius 1 is 0.895 bits per heavy atom. The smallest absolute Gasteiger partial charge is 0.303 e. The second-order valence-corrected chi connectivity index (χ2v) is 9.61. The highest BCUT2D eigenvalue weighted by molar-refractivity contribution is 5.73. The van der Waals surface area contributed by atoms with E-state index in [0.29, 0.717) is 6.54 Å². The third-order valence-electron chi connectivity index (χ3n) is 6.38. The van der Waals surface area contributed by atoms with E-state index >= 15 is 0 Å². The third-order valence-corrected chi connectivity index (χ3v) is 6.38. The molecule has 0 saturated carbocycles. The predicted octanol–water partition coefficient (Wildman–Crippen LogP) is 0.338. The molecule has 6 bridgehead atoms. The van der Waals surface area contributed by atoms with Crippen LogP contribution in [0.15, 0.2) is 12.4 Å². The Hall–Kier alpha value is -3.39. The van der Waals surface area contributed by atoms with Gasteiger partial charge in [-0.3, -0.25) is 14.4 Å². The van der Waals surface area contributed by atoms with Crippen molar-refractivity contribution >= 4 is 17.8 Å². The molecule has 1 fully saturated rings. The van der Waals surface area contributed by atoms with Crippen LogP contribution in [0.25, 0.3) is 0 Å². The van der Waals surface area contributed by atoms with Gasteiger partial charge < -0.3 is 24.3 Å². The van der Waals surface area contributed by atoms with Crippen molar-refractivity contribution in [1.29, 1.82) is 0 Å². The summed E-state index contributed by atoms with van der Waals surface area (Å²) in [7, 11) is 0. The Labute approximate surface area is 220 Å². The molecule has 0 radical (unpaired) electrons. The maximum atomic E-state index is 12.1. The molecule has 2 aromatic heterocycles. The van der Waals surface area contributed by atoms with Gasteiger partial charge in [-0.2, -0.15) is 0 Å². The number of aryl methyl sites for hydroxylation is 2. The van der Waals surface area contributed by atoms with E-state index in [2.05, 4.69) is 25.9 Å². The summed E-state index contributed by atoms with van der Waals surface area (Å²) in [6, 6.07) is -0.941. The van der Waals surface area contributed by atoms with Crippen molar-refractivity contribution in [3.63, 3.8) is 0 Å². The van der Waals surface area contributed by atoms with Gasteiger partial charge in [-0.1, -0.05) is 23.3 Å². The van der Waals surface area contributed by atoms with Crippen LogP contribution in [0, 0.1) is 0 Å². The van der Waals surface area contributed by atoms with E-state index < -0.39 is 48.5 Å². The summed E-state index contributed by atoms with van der Waals surface area (Å²) >= 11 is 0. The van der Waals surface area contributed by atoms with Crippen molar-refractivity contribution < 1.29 is 33.3 Å². The molecule has 4 rings (SSSR count). The predicted molar refractivity (Wildman–Crippen MR) is 129 cm³/mol. The molecule has 5 atom stereocenters. The number of amides is 1. The second kappa shape index (κ2) is 12.9. The van der Waals surface area contributed by atoms with Gasteiger partial charge in [0.1, 0.15) is 12.1 Å². The summed E-state index contributed by atoms with van der Waals surface area (Å²) in [5.41, 5.74) is 1.75. The number of aromatic nitrogens is 6. The van der Waals surface area contributed by atoms with Crippen LogP contribution < -0.4 is 5.32 Å². The van der Waals surface area contributed by atoms with Gasteiger partial charge in [0.25, 0.3) is 0 Å². The fourth-order valence-electron chi connectivity index (χ4n) is 4.76. The number of hydrogen-bond acceptors (Lipinski definition) is 11. The highest BCUT2D eigenvalue weighted by Gasteiger charge is 2.51. The van der Waals surface area contributed by atoms with Gasteiger partial charge in [0.2, 0.25) is 5.91 Å². The number of nitrogens with zero attached hydrogens (tertiary/aromatic N) is 6. The standard InChI is InChI=1S/C24H35N7O7/c1-15(32)25-21-23(37-17(3)34)22(36-16(2)33)20-14-31-13-19(27-29-31)9-7-5-4-6-8-18-12-30(28-26-18)10-11-35-24(21)38-20/h12-13,20-24H,4-11,14H2,1-3H3,(H,25,32)/t20-,21-,22-,23-,24+/m1/s1. The molecule has 0 aromatic carbocycles. The van der Waals surface area contributed by atoms with E-state index in [1.807, 2.05) is 12.4 Å². The molecule has 1 amide bonds. The molecule has 0 unspecified atom stereocenters. The van der Waals surface area contributed by atoms with Gasteiger partial charge >= 0.3 is 11.9 Å². The molecule has 2 aromatic rings. The second-order valence-electron chi connectivity index (χ2n) is 9.61. The molecule has 0 spiro atoms. The Balaban J connectivity index is 1.64. The summed E-state index contributed by atoms with van der Waals surface area (Å²) < 4.78 is 26.8. The average molecular weight is 534 g/mol. The molecule has 1 N–H and O–H groups in total. The maximum absolute atomic E-state index is 12.1. The SMILES string of the molecule is CC(=O)N[C@H]1[C@H]2OCCn3cc(nn3)CCCCCCc3cn(nn3)C[C@@H](O2)[C@@H](OC(C)=O)[C@@H]1OC(C)=O. The lowest BCUT2D eigenvalue weighted by atomic mass is 9.95. The van der Waals surface area contributed by atoms with Gasteiger partial charge in [-0.15, -0.1) is 10.2 Å². The zero-order chi connectivity index (χ0) is 27.1. The van der Waals surface area contributed by atoms with Crippen LogP contribution in [0.2, 0.25) is 0 Å². The van der Waals surface area contributed by atoms with Crippen molar-refractivity contribution in [2.24, 2.45) is 0 Å². The van der Waals surface area contributed by atoms with E-state index in [1.54, 1.807) is 9.36 Å². The van der Waals surface area contributed by atoms with Crippen LogP contribution in [0.1, 0.15) is 57.8 Å². The van der Waals surface area contributed by atoms with E-state index in [4.69, 9.17) is 18.9 Å². The van der Waals surface area contributed by atoms with Crippen molar-refractivity contribution in [2.75, 3.05) is 6.61 Å². The van der Waals surface area contributed by atoms with E-state index in [0.717, 1.165) is 49.9 Å². The molecule has 38 heavy (non-hydrogen) atoms. The Morgan fingerprint density at radius 3 is 2.13 bits per heavy atom. The summed E-state index contributed by atoms with van der Waals surface area (Å²) in [5.74, 6) is -1.59. The molecule has 1 saturated heterocycles. The van der Waals surface area contributed by atoms with Crippen LogP contribution in [0.4, 0.5) is 0 Å². The highest BCUT2D eigenvalue weighted by atomic mass is 16.7. The lowest BCUT2D eigenvalue weighted by molar-refractivity contribution is -0.274. The highest BCUT2D eigenvalue weighted by Crippen LogP contribution is 2.28. The van der Waals surface area contributed by atoms with Gasteiger partial charge in [0.05, 0.1) is 31.1 Å². The molecule has 4 heterocycles. The number of nitrogens with one attached hydrogen (secondary N) is 1. The molecule has 14 nitrogen and oxygen atoms in total. The van der Waals surface area contributed by atoms with Crippen molar-refractivity contribution in [3.05, 3.63) is 23.8 Å². The van der Waals surface area contributed by atoms with E-state index in [9.17, 15) is 14.4 Å². The summed E-state index contributed by atoms with van der Waals surface area (Å²) in [4.78, 5) is 36.2. The summed E-state index contributed by atoms with van der Waals surface area (Å²) in [6.45, 7) is 4.55. The van der Waals surface area contributed by atoms with Gasteiger partial charge in [-0.25, -0.2) is 9.36 Å². The fraction of sp³-hybridized carbons (Fsp3) is 0.708. The molecular formula is C24H35N7O7. The van der Waals surface area contributed by atoms with Gasteiger partial charge in [-0.05, 0) is 25.7 Å². The number of fused-ring (bicyclic) bond motifs is 6. The number of ether oxygens (including phenoxy) is 4. The number of esters is 2. The Kier molecular flexibility index (Phi) is 9.39. The van der Waals surface area contributed by atoms with Crippen molar-refractivity contribution in [1.82, 2.24) is 35.3 Å². The molecule has 208 valence electrons. The molecule has 2 aliphatic rings. The number of rotatable bonds is 3. The minimum Gasteiger partial charge on any atom is -0.456 e. The van der Waals surface area contributed by atoms with Crippen LogP contribution in [-0.2, 0) is 59.3 Å². The Morgan fingerprint density at radius 2 is 1.50 bits per heavy atom. The fourth-order valence-corrected chi connectivity index (χ4v) is 4.76. The maximum Gasteiger partial charge on any atom is 0.303 e. The van der Waals surface area contributed by atoms with Gasteiger partial charge in [0.15, 0.2) is 18.5 Å². The van der Waals surface area contributed by atoms with Gasteiger partial charge in [0, 0.05) is 33.2 Å². The zero-order valence-electron chi connectivity index (χ0n) is 21.9. The topological polar surface area (TPSA) is 162 Å². The monoisotopic (exact) mass is 533 g/mol. The average Bonchev–Trinajstić information content (AvgIpc) is 3.48. The first kappa shape index (κ1) is 27.6. The summed E-state index contributed by atoms with van der Waals surface area (Å²) in [6.07, 6.45) is 5.54. The quantitative estimate of drug-likeness (QED) is 0.542. The number of carbonyl (C=O) groups excluding carboxylic acids is 3. The minimum absolute atomic E-state index is 0.155. The third kappa shape index (κ3) is 7.57. The first-order valence-electron chi connectivity index (χ1n) is 12.9. The lowest BCUT2D eigenvalue weighted by Gasteiger charge is -2.45. The minimum atomic E-state index is -1.07. The van der Waals surface area contributed by atoms with E-state index in [-0.39, 0.29) is 13.2 Å². The first-order chi connectivity index (χ1) is 18.3. The number of hydrogen-bond donors (Lipinski definition) is 1. The molecule has 2 aliphatic heterocycles. The zero-order valence-corrected chi connectivity index (χ0v) is 21.9. The lowest BCUT2D eigenvalue weighted by Crippen LogP contribution is -2.66. The normalized spacial score (nSPS) is 26.8. The van der Waals surface area contributed by atoms with Crippen LogP contribution in [0.3, 0.4) is 0 Å². The number of carbonyl (C=O) groups is 3. The van der Waals surface area contributed by atoms with Crippen molar-refractivity contribution in [2.45, 2.75) is 103 Å². The molecule has 0 aliphatic carbocycles. The van der Waals surface area contributed by atoms with Crippen molar-refractivity contribution in [3.8, 4) is 0 Å². The van der Waals surface area contributed by atoms with Crippen LogP contribution >= 0.6 is 0 Å². The Bertz CT molecular complexity index is 1100. The summed E-state index contributed by atoms with van der Waals surface area (Å²) in [5, 5.41) is 19.6. The first-order valence-corrected chi connectivity index (χ1v) is 12.9. The largest absolute Gasteiger partial charge is 0.456 e.